The zero-order valence-corrected chi connectivity index (χ0v) is 19.5. The molecule has 0 radical (unpaired) electrons. The zero-order valence-electron chi connectivity index (χ0n) is 19.5. The molecule has 13 nitrogen and oxygen atoms in total. The van der Waals surface area contributed by atoms with Crippen LogP contribution in [-0.2, 0) is 40.1 Å². The quantitative estimate of drug-likeness (QED) is 0.420. The third-order valence-corrected chi connectivity index (χ3v) is 4.74. The first-order valence-electron chi connectivity index (χ1n) is 10.8. The Morgan fingerprint density at radius 1 is 0.912 bits per heavy atom. The predicted molar refractivity (Wildman–Crippen MR) is 117 cm³/mol. The first-order valence-corrected chi connectivity index (χ1v) is 10.8. The lowest BCUT2D eigenvalue weighted by atomic mass is 10.0. The van der Waals surface area contributed by atoms with E-state index in [2.05, 4.69) is 0 Å². The van der Waals surface area contributed by atoms with Gasteiger partial charge in [-0.25, -0.2) is 0 Å². The van der Waals surface area contributed by atoms with Gasteiger partial charge in [-0.1, -0.05) is 12.1 Å². The highest BCUT2D eigenvalue weighted by Crippen LogP contribution is 2.17. The normalized spacial score (nSPS) is 19.3. The molecule has 1 aromatic rings. The summed E-state index contributed by atoms with van der Waals surface area (Å²) in [6.45, 7) is 5.38. The highest BCUT2D eigenvalue weighted by molar-refractivity contribution is 5.66. The van der Waals surface area contributed by atoms with Crippen LogP contribution in [0.4, 0.5) is 5.69 Å². The Hall–Kier alpha value is -3.13. The smallest absolute Gasteiger partial charge is 0.322 e. The van der Waals surface area contributed by atoms with Crippen molar-refractivity contribution < 1.29 is 38.6 Å². The highest BCUT2D eigenvalue weighted by Gasteiger charge is 2.27. The van der Waals surface area contributed by atoms with E-state index >= 15 is 0 Å². The maximum Gasteiger partial charge on any atom is 0.322 e. The number of non-ortho nitro benzene ring substituents is 1. The molecule has 1 aliphatic heterocycles. The Morgan fingerprint density at radius 2 is 1.47 bits per heavy atom. The number of carbonyl (C=O) groups is 3. The number of hydrogen-bond acceptors (Lipinski definition) is 12. The van der Waals surface area contributed by atoms with E-state index in [0.29, 0.717) is 13.0 Å². The summed E-state index contributed by atoms with van der Waals surface area (Å²) in [7, 11) is 0. The second-order valence-electron chi connectivity index (χ2n) is 7.60. The van der Waals surface area contributed by atoms with Crippen molar-refractivity contribution in [2.24, 2.45) is 0 Å². The van der Waals surface area contributed by atoms with Crippen LogP contribution >= 0.6 is 0 Å². The van der Waals surface area contributed by atoms with Crippen molar-refractivity contribution in [3.8, 4) is 0 Å². The third-order valence-electron chi connectivity index (χ3n) is 4.74. The van der Waals surface area contributed by atoms with Crippen LogP contribution in [0, 0.1) is 10.1 Å². The molecule has 0 N–H and O–H groups in total. The molecule has 1 aromatic carbocycles. The van der Waals surface area contributed by atoms with Crippen molar-refractivity contribution in [3.05, 3.63) is 39.9 Å². The molecule has 0 amide bonds. The second kappa shape index (κ2) is 13.5. The van der Waals surface area contributed by atoms with Crippen molar-refractivity contribution in [2.75, 3.05) is 45.9 Å². The van der Waals surface area contributed by atoms with Crippen molar-refractivity contribution >= 4 is 23.6 Å². The van der Waals surface area contributed by atoms with Gasteiger partial charge in [-0.15, -0.1) is 15.2 Å². The molecule has 0 aliphatic carbocycles. The van der Waals surface area contributed by atoms with Crippen LogP contribution in [0.5, 0.6) is 0 Å². The van der Waals surface area contributed by atoms with Crippen LogP contribution in [0.25, 0.3) is 0 Å². The number of nitrogens with zero attached hydrogens (tertiary/aromatic N) is 4. The lowest BCUT2D eigenvalue weighted by Gasteiger charge is -2.34. The zero-order chi connectivity index (χ0) is 25.1. The molecular weight excluding hydrogens is 452 g/mol. The first-order chi connectivity index (χ1) is 16.1. The van der Waals surface area contributed by atoms with Crippen LogP contribution in [-0.4, -0.2) is 90.0 Å². The number of hydrogen-bond donors (Lipinski definition) is 0. The van der Waals surface area contributed by atoms with Crippen LogP contribution in [0.1, 0.15) is 26.3 Å². The van der Waals surface area contributed by atoms with Gasteiger partial charge in [0, 0.05) is 32.9 Å². The molecule has 1 aliphatic rings. The molecule has 0 spiro atoms. The van der Waals surface area contributed by atoms with Crippen LogP contribution < -0.4 is 0 Å². The lowest BCUT2D eigenvalue weighted by molar-refractivity contribution is -0.384. The Balaban J connectivity index is 2.29. The average molecular weight is 482 g/mol. The average Bonchev–Trinajstić information content (AvgIpc) is 2.74. The van der Waals surface area contributed by atoms with E-state index < -0.39 is 28.9 Å². The molecule has 1 saturated heterocycles. The van der Waals surface area contributed by atoms with Gasteiger partial charge in [0.1, 0.15) is 0 Å². The van der Waals surface area contributed by atoms with Gasteiger partial charge >= 0.3 is 17.9 Å². The van der Waals surface area contributed by atoms with Crippen molar-refractivity contribution in [1.29, 1.82) is 0 Å². The minimum Gasteiger partial charge on any atom is -0.379 e. The molecule has 34 heavy (non-hydrogen) atoms. The highest BCUT2D eigenvalue weighted by atomic mass is 16.7. The predicted octanol–water partition coefficient (Wildman–Crippen LogP) is 0.876. The van der Waals surface area contributed by atoms with E-state index in [1.807, 2.05) is 0 Å². The summed E-state index contributed by atoms with van der Waals surface area (Å²) in [6.07, 6.45) is 0.330. The van der Waals surface area contributed by atoms with Crippen LogP contribution in [0.15, 0.2) is 24.3 Å². The Kier molecular flexibility index (Phi) is 10.8. The van der Waals surface area contributed by atoms with Gasteiger partial charge in [0.25, 0.3) is 5.69 Å². The molecule has 1 fully saturated rings. The summed E-state index contributed by atoms with van der Waals surface area (Å²) in [5, 5.41) is 15.3. The Morgan fingerprint density at radius 3 is 2.06 bits per heavy atom. The minimum atomic E-state index is -0.539. The Labute approximate surface area is 197 Å². The number of benzene rings is 1. The van der Waals surface area contributed by atoms with E-state index in [4.69, 9.17) is 19.2 Å². The van der Waals surface area contributed by atoms with Crippen LogP contribution in [0.3, 0.4) is 0 Å². The summed E-state index contributed by atoms with van der Waals surface area (Å²) in [4.78, 5) is 61.4. The van der Waals surface area contributed by atoms with Gasteiger partial charge in [-0.3, -0.25) is 24.5 Å². The number of rotatable bonds is 6. The van der Waals surface area contributed by atoms with Gasteiger partial charge in [0.2, 0.25) is 0 Å². The molecule has 0 bridgehead atoms. The monoisotopic (exact) mass is 482 g/mol. The van der Waals surface area contributed by atoms with E-state index in [9.17, 15) is 24.5 Å². The Bertz CT molecular complexity index is 849. The lowest BCUT2D eigenvalue weighted by Crippen LogP contribution is -2.49. The fourth-order valence-electron chi connectivity index (χ4n) is 3.37. The van der Waals surface area contributed by atoms with Gasteiger partial charge < -0.3 is 19.2 Å². The standard InChI is InChI=1S/C21H30N4O9/c1-16(26)32-22-8-9-23(33-17(2)27)15-21(14-19-4-6-20(7-5-19)25(29)30)24(34-18(3)28)11-13-31-12-10-22/h4-7,21H,8-15H2,1-3H3. The van der Waals surface area contributed by atoms with Crippen molar-refractivity contribution in [2.45, 2.75) is 33.2 Å². The van der Waals surface area contributed by atoms with Gasteiger partial charge in [-0.05, 0) is 12.0 Å². The summed E-state index contributed by atoms with van der Waals surface area (Å²) in [5.41, 5.74) is 0.713. The summed E-state index contributed by atoms with van der Waals surface area (Å²) in [6, 6.07) is 5.54. The molecule has 1 unspecified atom stereocenters. The SMILES string of the molecule is CC(=O)ON1CCOCCN(OC(C)=O)C(Cc2ccc([N+](=O)[O-])cc2)CN(OC(C)=O)CC1. The number of nitro groups is 1. The molecule has 2 rings (SSSR count). The van der Waals surface area contributed by atoms with E-state index in [-0.39, 0.29) is 45.1 Å². The van der Waals surface area contributed by atoms with Gasteiger partial charge in [-0.2, -0.15) is 0 Å². The van der Waals surface area contributed by atoms with Crippen molar-refractivity contribution in [3.63, 3.8) is 0 Å². The minimum absolute atomic E-state index is 0.0419. The molecule has 1 atom stereocenters. The largest absolute Gasteiger partial charge is 0.379 e. The summed E-state index contributed by atoms with van der Waals surface area (Å²) >= 11 is 0. The molecule has 188 valence electrons. The second-order valence-corrected chi connectivity index (χ2v) is 7.60. The fourth-order valence-corrected chi connectivity index (χ4v) is 3.37. The first kappa shape index (κ1) is 27.1. The number of nitro benzene ring substituents is 1. The summed E-state index contributed by atoms with van der Waals surface area (Å²) < 4.78 is 5.62. The molecule has 0 saturated carbocycles. The third kappa shape index (κ3) is 9.79. The maximum absolute atomic E-state index is 11.8. The molecule has 0 aromatic heterocycles. The van der Waals surface area contributed by atoms with Gasteiger partial charge in [0.05, 0.1) is 56.9 Å². The molecule has 13 heteroatoms. The van der Waals surface area contributed by atoms with Crippen molar-refractivity contribution in [1.82, 2.24) is 15.2 Å². The number of carbonyl (C=O) groups excluding carboxylic acids is 3. The number of ether oxygens (including phenoxy) is 1. The van der Waals surface area contributed by atoms with E-state index in [1.54, 1.807) is 12.1 Å². The maximum atomic E-state index is 11.8. The molecule has 1 heterocycles. The topological polar surface area (TPSA) is 141 Å². The van der Waals surface area contributed by atoms with Crippen LogP contribution in [0.2, 0.25) is 0 Å². The number of hydroxylamine groups is 6. The van der Waals surface area contributed by atoms with Gasteiger partial charge in [0.15, 0.2) is 0 Å². The fraction of sp³-hybridized carbons (Fsp3) is 0.571. The van der Waals surface area contributed by atoms with E-state index in [1.165, 1.54) is 48.1 Å². The molecular formula is C21H30N4O9. The van der Waals surface area contributed by atoms with E-state index in [0.717, 1.165) is 5.56 Å². The summed E-state index contributed by atoms with van der Waals surface area (Å²) in [5.74, 6) is -1.55.